The Balaban J connectivity index is 2.30. The molecule has 0 radical (unpaired) electrons. The maximum Gasteiger partial charge on any atom is 0.231 e. The number of carbonyl (C=O) groups is 1. The fourth-order valence-corrected chi connectivity index (χ4v) is 2.99. The minimum Gasteiger partial charge on any atom is -0.305 e. The zero-order valence-corrected chi connectivity index (χ0v) is 13.4. The summed E-state index contributed by atoms with van der Waals surface area (Å²) in [5.74, 6) is 0.0761. The van der Waals surface area contributed by atoms with Crippen LogP contribution in [0.2, 0.25) is 0 Å². The summed E-state index contributed by atoms with van der Waals surface area (Å²) in [6.45, 7) is 5.86. The van der Waals surface area contributed by atoms with Crippen molar-refractivity contribution in [2.45, 2.75) is 25.8 Å². The van der Waals surface area contributed by atoms with Crippen molar-refractivity contribution in [3.05, 3.63) is 36.4 Å². The van der Waals surface area contributed by atoms with Crippen LogP contribution in [0.25, 0.3) is 0 Å². The summed E-state index contributed by atoms with van der Waals surface area (Å²) in [5.41, 5.74) is 2.30. The van der Waals surface area contributed by atoms with Gasteiger partial charge in [-0.2, -0.15) is 0 Å². The average molecular weight is 308 g/mol. The minimum atomic E-state index is -3.28. The first kappa shape index (κ1) is 15.6. The van der Waals surface area contributed by atoms with Gasteiger partial charge in [-0.1, -0.05) is 12.2 Å². The molecule has 1 saturated heterocycles. The number of nitrogens with zero attached hydrogens (tertiary/aromatic N) is 2. The molecule has 0 aliphatic carbocycles. The Hall–Kier alpha value is -1.82. The van der Waals surface area contributed by atoms with Crippen LogP contribution in [0, 0.1) is 0 Å². The molecule has 0 spiro atoms. The SMILES string of the molecule is C=C(C)C1CCC(=O)N1c1ccc(N(C)S(C)(=O)=O)cc1. The molecule has 0 saturated carbocycles. The van der Waals surface area contributed by atoms with Crippen molar-refractivity contribution in [1.82, 2.24) is 0 Å². The van der Waals surface area contributed by atoms with Crippen molar-refractivity contribution in [2.75, 3.05) is 22.5 Å². The Kier molecular flexibility index (Phi) is 4.09. The summed E-state index contributed by atoms with van der Waals surface area (Å²) in [7, 11) is -1.78. The van der Waals surface area contributed by atoms with Gasteiger partial charge in [-0.15, -0.1) is 0 Å². The molecule has 1 heterocycles. The largest absolute Gasteiger partial charge is 0.305 e. The third-order valence-corrected chi connectivity index (χ3v) is 4.98. The van der Waals surface area contributed by atoms with Gasteiger partial charge in [0.05, 0.1) is 18.0 Å². The van der Waals surface area contributed by atoms with Gasteiger partial charge in [0.2, 0.25) is 15.9 Å². The van der Waals surface area contributed by atoms with Crippen LogP contribution < -0.4 is 9.21 Å². The summed E-state index contributed by atoms with van der Waals surface area (Å²) < 4.78 is 24.2. The average Bonchev–Trinajstić information content (AvgIpc) is 2.79. The third-order valence-electron chi connectivity index (χ3n) is 3.77. The minimum absolute atomic E-state index is 0.0241. The first-order valence-electron chi connectivity index (χ1n) is 6.73. The molecule has 2 rings (SSSR count). The zero-order chi connectivity index (χ0) is 15.8. The maximum absolute atomic E-state index is 12.0. The van der Waals surface area contributed by atoms with E-state index in [-0.39, 0.29) is 11.9 Å². The van der Waals surface area contributed by atoms with Crippen LogP contribution in [-0.2, 0) is 14.8 Å². The Morgan fingerprint density at radius 1 is 1.33 bits per heavy atom. The number of hydrogen-bond donors (Lipinski definition) is 0. The lowest BCUT2D eigenvalue weighted by Crippen LogP contribution is -2.33. The normalized spacial score (nSPS) is 18.9. The Morgan fingerprint density at radius 3 is 2.38 bits per heavy atom. The second-order valence-corrected chi connectivity index (χ2v) is 7.43. The van der Waals surface area contributed by atoms with E-state index in [1.54, 1.807) is 29.2 Å². The number of hydrogen-bond acceptors (Lipinski definition) is 3. The molecule has 1 aromatic rings. The van der Waals surface area contributed by atoms with Crippen molar-refractivity contribution in [2.24, 2.45) is 0 Å². The van der Waals surface area contributed by atoms with Gasteiger partial charge < -0.3 is 4.90 Å². The maximum atomic E-state index is 12.0. The highest BCUT2D eigenvalue weighted by Crippen LogP contribution is 2.31. The van der Waals surface area contributed by atoms with E-state index in [9.17, 15) is 13.2 Å². The quantitative estimate of drug-likeness (QED) is 0.801. The van der Waals surface area contributed by atoms with Gasteiger partial charge in [0, 0.05) is 19.2 Å². The highest BCUT2D eigenvalue weighted by molar-refractivity contribution is 7.92. The topological polar surface area (TPSA) is 57.7 Å². The summed E-state index contributed by atoms with van der Waals surface area (Å²) in [6.07, 6.45) is 2.45. The molecule has 1 aliphatic heterocycles. The number of anilines is 2. The van der Waals surface area contributed by atoms with Gasteiger partial charge in [0.15, 0.2) is 0 Å². The number of amides is 1. The van der Waals surface area contributed by atoms with Crippen molar-refractivity contribution in [3.63, 3.8) is 0 Å². The molecular weight excluding hydrogens is 288 g/mol. The number of carbonyl (C=O) groups excluding carboxylic acids is 1. The standard InChI is InChI=1S/C15H20N2O3S/c1-11(2)14-9-10-15(18)17(14)13-7-5-12(6-8-13)16(3)21(4,19)20/h5-8,14H,1,9-10H2,2-4H3. The van der Waals surface area contributed by atoms with Crippen molar-refractivity contribution < 1.29 is 13.2 Å². The summed E-state index contributed by atoms with van der Waals surface area (Å²) in [5, 5.41) is 0. The highest BCUT2D eigenvalue weighted by atomic mass is 32.2. The molecule has 1 amide bonds. The molecule has 0 N–H and O–H groups in total. The fourth-order valence-electron chi connectivity index (χ4n) is 2.49. The Morgan fingerprint density at radius 2 is 1.90 bits per heavy atom. The van der Waals surface area contributed by atoms with Gasteiger partial charge in [-0.25, -0.2) is 8.42 Å². The van der Waals surface area contributed by atoms with Crippen LogP contribution in [0.4, 0.5) is 11.4 Å². The first-order valence-corrected chi connectivity index (χ1v) is 8.58. The molecule has 21 heavy (non-hydrogen) atoms. The summed E-state index contributed by atoms with van der Waals surface area (Å²) >= 11 is 0. The number of sulfonamides is 1. The highest BCUT2D eigenvalue weighted by Gasteiger charge is 2.32. The van der Waals surface area contributed by atoms with Gasteiger partial charge in [-0.3, -0.25) is 9.10 Å². The lowest BCUT2D eigenvalue weighted by Gasteiger charge is -2.26. The van der Waals surface area contributed by atoms with E-state index in [1.807, 2.05) is 6.92 Å². The van der Waals surface area contributed by atoms with Crippen molar-refractivity contribution in [3.8, 4) is 0 Å². The van der Waals surface area contributed by atoms with Crippen LogP contribution in [0.1, 0.15) is 19.8 Å². The van der Waals surface area contributed by atoms with E-state index in [1.165, 1.54) is 11.4 Å². The van der Waals surface area contributed by atoms with E-state index in [0.717, 1.165) is 23.9 Å². The van der Waals surface area contributed by atoms with Crippen LogP contribution in [0.3, 0.4) is 0 Å². The van der Waals surface area contributed by atoms with Crippen molar-refractivity contribution in [1.29, 1.82) is 0 Å². The number of rotatable bonds is 4. The predicted molar refractivity (Wildman–Crippen MR) is 85.0 cm³/mol. The first-order chi connectivity index (χ1) is 9.71. The molecule has 114 valence electrons. The molecule has 0 aromatic heterocycles. The molecular formula is C15H20N2O3S. The van der Waals surface area contributed by atoms with Crippen molar-refractivity contribution >= 4 is 27.3 Å². The summed E-state index contributed by atoms with van der Waals surface area (Å²) in [4.78, 5) is 13.8. The van der Waals surface area contributed by atoms with Crippen LogP contribution >= 0.6 is 0 Å². The second kappa shape index (κ2) is 5.52. The van der Waals surface area contributed by atoms with E-state index in [4.69, 9.17) is 0 Å². The second-order valence-electron chi connectivity index (χ2n) is 5.41. The smallest absolute Gasteiger partial charge is 0.231 e. The van der Waals surface area contributed by atoms with Gasteiger partial charge in [-0.05, 0) is 37.6 Å². The zero-order valence-electron chi connectivity index (χ0n) is 12.5. The molecule has 1 atom stereocenters. The Bertz CT molecular complexity index is 665. The Labute approximate surface area is 125 Å². The van der Waals surface area contributed by atoms with E-state index in [0.29, 0.717) is 12.1 Å². The molecule has 0 bridgehead atoms. The molecule has 1 aliphatic rings. The predicted octanol–water partition coefficient (Wildman–Crippen LogP) is 2.15. The third kappa shape index (κ3) is 3.10. The molecule has 1 aromatic carbocycles. The number of benzene rings is 1. The lowest BCUT2D eigenvalue weighted by molar-refractivity contribution is -0.117. The van der Waals surface area contributed by atoms with Crippen LogP contribution in [0.15, 0.2) is 36.4 Å². The molecule has 6 heteroatoms. The summed E-state index contributed by atoms with van der Waals surface area (Å²) in [6, 6.07) is 6.98. The van der Waals surface area contributed by atoms with E-state index in [2.05, 4.69) is 6.58 Å². The van der Waals surface area contributed by atoms with E-state index < -0.39 is 10.0 Å². The fraction of sp³-hybridized carbons (Fsp3) is 0.400. The van der Waals surface area contributed by atoms with Gasteiger partial charge >= 0.3 is 0 Å². The monoisotopic (exact) mass is 308 g/mol. The van der Waals surface area contributed by atoms with Gasteiger partial charge in [0.25, 0.3) is 0 Å². The van der Waals surface area contributed by atoms with Crippen LogP contribution in [0.5, 0.6) is 0 Å². The van der Waals surface area contributed by atoms with E-state index >= 15 is 0 Å². The lowest BCUT2D eigenvalue weighted by atomic mass is 10.1. The van der Waals surface area contributed by atoms with Gasteiger partial charge in [0.1, 0.15) is 0 Å². The molecule has 1 fully saturated rings. The van der Waals surface area contributed by atoms with Crippen LogP contribution in [-0.4, -0.2) is 33.7 Å². The molecule has 5 nitrogen and oxygen atoms in total. The molecule has 1 unspecified atom stereocenters.